The predicted octanol–water partition coefficient (Wildman–Crippen LogP) is 4.54. The van der Waals surface area contributed by atoms with Gasteiger partial charge in [0.15, 0.2) is 5.82 Å². The number of rotatable bonds is 10. The molecule has 2 aromatic carbocycles. The SMILES string of the molecule is CCCc1c(Cc2ccc(-c3ccccc3-c3noc(=O)[nH]3)cc2)c(=O)n([C@H]2CC[C@H](OCCO)CC2)c2ccnn12. The summed E-state index contributed by atoms with van der Waals surface area (Å²) in [6, 6.07) is 17.9. The second-order valence-corrected chi connectivity index (χ2v) is 10.8. The third kappa shape index (κ3) is 5.47. The van der Waals surface area contributed by atoms with E-state index in [-0.39, 0.29) is 24.3 Å². The van der Waals surface area contributed by atoms with Gasteiger partial charge in [-0.3, -0.25) is 18.9 Å². The molecular formula is C32H35N5O5. The fourth-order valence-electron chi connectivity index (χ4n) is 6.19. The Bertz CT molecular complexity index is 1770. The van der Waals surface area contributed by atoms with Crippen LogP contribution in [0, 0.1) is 0 Å². The summed E-state index contributed by atoms with van der Waals surface area (Å²) in [7, 11) is 0. The number of fused-ring (bicyclic) bond motifs is 1. The Balaban J connectivity index is 1.33. The molecule has 6 rings (SSSR count). The minimum atomic E-state index is -0.596. The zero-order valence-corrected chi connectivity index (χ0v) is 23.7. The molecule has 1 saturated carbocycles. The standard InChI is InChI=1S/C32H35N5O5/c1-2-5-28-27(31(39)36(29-16-17-33-37(28)29)23-12-14-24(15-13-23)41-19-18-38)20-21-8-10-22(11-9-21)25-6-3-4-7-26(25)30-34-32(40)42-35-30/h3-4,6-11,16-17,23-24,38H,2,5,12-15,18-20H2,1H3,(H,34,35,40)/t23-,24-. The molecule has 0 bridgehead atoms. The number of nitrogens with zero attached hydrogens (tertiary/aromatic N) is 4. The van der Waals surface area contributed by atoms with Crippen LogP contribution in [0.4, 0.5) is 0 Å². The van der Waals surface area contributed by atoms with Crippen LogP contribution in [0.15, 0.2) is 74.9 Å². The van der Waals surface area contributed by atoms with Crippen molar-refractivity contribution in [2.24, 2.45) is 0 Å². The summed E-state index contributed by atoms with van der Waals surface area (Å²) in [5.74, 6) is -0.216. The number of H-pyrrole nitrogens is 1. The lowest BCUT2D eigenvalue weighted by atomic mass is 9.92. The maximum atomic E-state index is 14.2. The van der Waals surface area contributed by atoms with E-state index in [0.717, 1.165) is 77.7 Å². The lowest BCUT2D eigenvalue weighted by molar-refractivity contribution is 0.00161. The number of ether oxygens (including phenoxy) is 1. The molecule has 0 radical (unpaired) electrons. The number of aromatic nitrogens is 5. The highest BCUT2D eigenvalue weighted by atomic mass is 16.5. The average Bonchev–Trinajstić information content (AvgIpc) is 3.68. The Morgan fingerprint density at radius 3 is 2.48 bits per heavy atom. The first-order chi connectivity index (χ1) is 20.6. The number of nitrogens with one attached hydrogen (secondary N) is 1. The van der Waals surface area contributed by atoms with E-state index in [1.54, 1.807) is 6.20 Å². The van der Waals surface area contributed by atoms with Gasteiger partial charge in [-0.05, 0) is 48.8 Å². The molecule has 0 spiro atoms. The van der Waals surface area contributed by atoms with Crippen molar-refractivity contribution in [2.45, 2.75) is 64.0 Å². The Morgan fingerprint density at radius 2 is 1.79 bits per heavy atom. The Morgan fingerprint density at radius 1 is 1.02 bits per heavy atom. The first kappa shape index (κ1) is 27.9. The number of hydrogen-bond acceptors (Lipinski definition) is 7. The molecule has 10 nitrogen and oxygen atoms in total. The van der Waals surface area contributed by atoms with Crippen molar-refractivity contribution < 1.29 is 14.4 Å². The maximum absolute atomic E-state index is 14.2. The second-order valence-electron chi connectivity index (χ2n) is 10.8. The highest BCUT2D eigenvalue weighted by Crippen LogP contribution is 2.32. The van der Waals surface area contributed by atoms with E-state index in [9.17, 15) is 9.59 Å². The van der Waals surface area contributed by atoms with Gasteiger partial charge < -0.3 is 9.84 Å². The minimum absolute atomic E-state index is 0.0219. The van der Waals surface area contributed by atoms with Crippen molar-refractivity contribution in [2.75, 3.05) is 13.2 Å². The van der Waals surface area contributed by atoms with Crippen LogP contribution in [0.3, 0.4) is 0 Å². The quantitative estimate of drug-likeness (QED) is 0.253. The maximum Gasteiger partial charge on any atom is 0.439 e. The molecule has 42 heavy (non-hydrogen) atoms. The van der Waals surface area contributed by atoms with E-state index >= 15 is 0 Å². The van der Waals surface area contributed by atoms with Crippen LogP contribution in [0.1, 0.15) is 61.9 Å². The molecule has 10 heteroatoms. The first-order valence-electron chi connectivity index (χ1n) is 14.6. The van der Waals surface area contributed by atoms with Crippen LogP contribution in [-0.2, 0) is 17.6 Å². The van der Waals surface area contributed by atoms with E-state index in [1.165, 1.54) is 0 Å². The first-order valence-corrected chi connectivity index (χ1v) is 14.6. The molecule has 0 saturated heterocycles. The molecule has 1 fully saturated rings. The number of aryl methyl sites for hydroxylation is 1. The Labute approximate surface area is 242 Å². The summed E-state index contributed by atoms with van der Waals surface area (Å²) < 4.78 is 14.4. The molecule has 0 atom stereocenters. The number of hydrogen-bond donors (Lipinski definition) is 2. The van der Waals surface area contributed by atoms with Crippen molar-refractivity contribution in [3.05, 3.63) is 98.5 Å². The van der Waals surface area contributed by atoms with Crippen LogP contribution in [0.2, 0.25) is 0 Å². The normalized spacial score (nSPS) is 17.2. The zero-order valence-electron chi connectivity index (χ0n) is 23.7. The highest BCUT2D eigenvalue weighted by molar-refractivity contribution is 5.80. The fraction of sp³-hybridized carbons (Fsp3) is 0.375. The predicted molar refractivity (Wildman–Crippen MR) is 159 cm³/mol. The van der Waals surface area contributed by atoms with Crippen molar-refractivity contribution in [1.29, 1.82) is 0 Å². The second kappa shape index (κ2) is 12.3. The summed E-state index contributed by atoms with van der Waals surface area (Å²) in [6.45, 7) is 2.49. The molecule has 3 heterocycles. The molecule has 0 aliphatic heterocycles. The number of benzene rings is 2. The molecule has 3 aromatic heterocycles. The van der Waals surface area contributed by atoms with Crippen molar-refractivity contribution >= 4 is 5.65 Å². The molecule has 218 valence electrons. The van der Waals surface area contributed by atoms with Gasteiger partial charge in [-0.25, -0.2) is 9.31 Å². The van der Waals surface area contributed by atoms with Gasteiger partial charge in [-0.1, -0.05) is 67.0 Å². The monoisotopic (exact) mass is 569 g/mol. The summed E-state index contributed by atoms with van der Waals surface area (Å²) in [5.41, 5.74) is 6.30. The van der Waals surface area contributed by atoms with Gasteiger partial charge in [0.1, 0.15) is 5.65 Å². The van der Waals surface area contributed by atoms with Gasteiger partial charge in [0.05, 0.1) is 31.2 Å². The van der Waals surface area contributed by atoms with Gasteiger partial charge in [0.25, 0.3) is 5.56 Å². The largest absolute Gasteiger partial charge is 0.439 e. The number of aliphatic hydroxyl groups is 1. The fourth-order valence-corrected chi connectivity index (χ4v) is 6.19. The highest BCUT2D eigenvalue weighted by Gasteiger charge is 2.27. The summed E-state index contributed by atoms with van der Waals surface area (Å²) in [4.78, 5) is 28.4. The molecular weight excluding hydrogens is 534 g/mol. The van der Waals surface area contributed by atoms with Gasteiger partial charge in [0.2, 0.25) is 0 Å². The average molecular weight is 570 g/mol. The molecule has 2 N–H and O–H groups in total. The van der Waals surface area contributed by atoms with Crippen molar-refractivity contribution in [3.63, 3.8) is 0 Å². The third-order valence-electron chi connectivity index (χ3n) is 8.16. The van der Waals surface area contributed by atoms with E-state index in [0.29, 0.717) is 18.9 Å². The summed E-state index contributed by atoms with van der Waals surface area (Å²) >= 11 is 0. The van der Waals surface area contributed by atoms with E-state index in [4.69, 9.17) is 14.4 Å². The smallest absolute Gasteiger partial charge is 0.394 e. The van der Waals surface area contributed by atoms with Crippen LogP contribution < -0.4 is 11.3 Å². The van der Waals surface area contributed by atoms with Crippen LogP contribution >= 0.6 is 0 Å². The molecule has 0 amide bonds. The third-order valence-corrected chi connectivity index (χ3v) is 8.16. The van der Waals surface area contributed by atoms with Crippen LogP contribution in [0.5, 0.6) is 0 Å². The van der Waals surface area contributed by atoms with Crippen LogP contribution in [-0.4, -0.2) is 48.7 Å². The van der Waals surface area contributed by atoms with E-state index in [2.05, 4.69) is 22.2 Å². The number of aliphatic hydroxyl groups excluding tert-OH is 1. The molecule has 1 aliphatic rings. The van der Waals surface area contributed by atoms with Crippen molar-refractivity contribution in [3.8, 4) is 22.5 Å². The molecule has 5 aromatic rings. The lowest BCUT2D eigenvalue weighted by Crippen LogP contribution is -2.35. The van der Waals surface area contributed by atoms with Gasteiger partial charge in [-0.2, -0.15) is 5.10 Å². The van der Waals surface area contributed by atoms with Crippen molar-refractivity contribution in [1.82, 2.24) is 24.3 Å². The van der Waals surface area contributed by atoms with Gasteiger partial charge >= 0.3 is 5.76 Å². The van der Waals surface area contributed by atoms with E-state index in [1.807, 2.05) is 63.7 Å². The summed E-state index contributed by atoms with van der Waals surface area (Å²) in [6.07, 6.45) is 7.45. The van der Waals surface area contributed by atoms with Gasteiger partial charge in [0, 0.05) is 29.7 Å². The Kier molecular flexibility index (Phi) is 8.16. The summed E-state index contributed by atoms with van der Waals surface area (Å²) in [5, 5.41) is 17.6. The van der Waals surface area contributed by atoms with Gasteiger partial charge in [-0.15, -0.1) is 0 Å². The van der Waals surface area contributed by atoms with E-state index < -0.39 is 5.76 Å². The lowest BCUT2D eigenvalue weighted by Gasteiger charge is -2.31. The molecule has 0 unspecified atom stereocenters. The zero-order chi connectivity index (χ0) is 29.1. The minimum Gasteiger partial charge on any atom is -0.394 e. The number of aromatic amines is 1. The van der Waals surface area contributed by atoms with Crippen LogP contribution in [0.25, 0.3) is 28.2 Å². The topological polar surface area (TPSA) is 128 Å². The molecule has 1 aliphatic carbocycles. The Hall–Kier alpha value is -4.28.